The fourth-order valence-corrected chi connectivity index (χ4v) is 1.93. The van der Waals surface area contributed by atoms with Crippen LogP contribution in [0.4, 0.5) is 5.82 Å². The van der Waals surface area contributed by atoms with Crippen LogP contribution in [-0.2, 0) is 9.47 Å². The summed E-state index contributed by atoms with van der Waals surface area (Å²) in [5.74, 6) is 0.663. The molecular formula is C10H13N5O3. The molecule has 1 fully saturated rings. The van der Waals surface area contributed by atoms with Crippen LogP contribution in [0.3, 0.4) is 0 Å². The quantitative estimate of drug-likeness (QED) is 0.775. The van der Waals surface area contributed by atoms with Crippen molar-refractivity contribution in [1.82, 2.24) is 19.5 Å². The highest BCUT2D eigenvalue weighted by Gasteiger charge is 2.28. The van der Waals surface area contributed by atoms with E-state index in [2.05, 4.69) is 20.3 Å². The fraction of sp³-hybridized carbons (Fsp3) is 0.500. The van der Waals surface area contributed by atoms with E-state index in [1.165, 1.54) is 6.33 Å². The smallest absolute Gasteiger partial charge is 0.183 e. The Bertz CT molecular complexity index is 557. The summed E-state index contributed by atoms with van der Waals surface area (Å²) < 4.78 is 12.5. The first-order chi connectivity index (χ1) is 8.83. The minimum absolute atomic E-state index is 0.167. The number of nitrogens with one attached hydrogen (secondary N) is 1. The molecule has 0 aromatic carbocycles. The standard InChI is InChI=1S/C10H13N5O3/c1-11-9-8-10(13-4-12-9)15(5-14-8)6-3-17-7(2-16)18-6/h4-7,16H,2-3H2,1H3,(H,11,12,13)/t6-,7-/m1/s1. The molecule has 18 heavy (non-hydrogen) atoms. The lowest BCUT2D eigenvalue weighted by atomic mass is 10.5. The SMILES string of the molecule is CNc1ncnc2c1ncn2[C@H]1CO[C@@H](CO)O1. The Hall–Kier alpha value is -1.77. The molecule has 1 saturated heterocycles. The zero-order chi connectivity index (χ0) is 12.5. The van der Waals surface area contributed by atoms with E-state index in [4.69, 9.17) is 14.6 Å². The van der Waals surface area contributed by atoms with E-state index >= 15 is 0 Å². The molecule has 0 radical (unpaired) electrons. The highest BCUT2D eigenvalue weighted by Crippen LogP contribution is 2.25. The molecule has 2 N–H and O–H groups in total. The first-order valence-electron chi connectivity index (χ1n) is 5.56. The number of hydrogen-bond donors (Lipinski definition) is 2. The molecule has 0 aliphatic carbocycles. The number of rotatable bonds is 3. The fourth-order valence-electron chi connectivity index (χ4n) is 1.93. The average Bonchev–Trinajstić information content (AvgIpc) is 3.03. The molecule has 0 unspecified atom stereocenters. The third-order valence-corrected chi connectivity index (χ3v) is 2.79. The topological polar surface area (TPSA) is 94.3 Å². The second-order valence-electron chi connectivity index (χ2n) is 3.83. The van der Waals surface area contributed by atoms with Gasteiger partial charge in [-0.3, -0.25) is 4.57 Å². The maximum atomic E-state index is 8.97. The molecule has 1 aliphatic heterocycles. The summed E-state index contributed by atoms with van der Waals surface area (Å²) in [6.45, 7) is 0.190. The Morgan fingerprint density at radius 2 is 2.39 bits per heavy atom. The minimum atomic E-state index is -0.585. The molecule has 0 amide bonds. The summed E-state index contributed by atoms with van der Waals surface area (Å²) in [4.78, 5) is 12.5. The molecule has 1 aliphatic rings. The molecule has 8 nitrogen and oxygen atoms in total. The molecule has 3 heterocycles. The van der Waals surface area contributed by atoms with E-state index in [0.29, 0.717) is 23.6 Å². The number of fused-ring (bicyclic) bond motifs is 1. The van der Waals surface area contributed by atoms with Gasteiger partial charge in [-0.2, -0.15) is 0 Å². The Labute approximate surface area is 103 Å². The monoisotopic (exact) mass is 251 g/mol. The zero-order valence-electron chi connectivity index (χ0n) is 9.78. The summed E-state index contributed by atoms with van der Waals surface area (Å²) in [5.41, 5.74) is 1.34. The van der Waals surface area contributed by atoms with Gasteiger partial charge in [0.15, 0.2) is 24.0 Å². The Kier molecular flexibility index (Phi) is 2.82. The zero-order valence-corrected chi connectivity index (χ0v) is 9.78. The molecule has 8 heteroatoms. The molecule has 0 saturated carbocycles. The van der Waals surface area contributed by atoms with Gasteiger partial charge < -0.3 is 19.9 Å². The van der Waals surface area contributed by atoms with Crippen LogP contribution in [-0.4, -0.2) is 51.2 Å². The van der Waals surface area contributed by atoms with Crippen molar-refractivity contribution in [3.63, 3.8) is 0 Å². The van der Waals surface area contributed by atoms with Crippen LogP contribution in [0.25, 0.3) is 11.2 Å². The number of aliphatic hydroxyl groups excluding tert-OH is 1. The van der Waals surface area contributed by atoms with Gasteiger partial charge in [0.2, 0.25) is 0 Å². The highest BCUT2D eigenvalue weighted by molar-refractivity contribution is 5.82. The van der Waals surface area contributed by atoms with E-state index in [0.717, 1.165) is 0 Å². The molecule has 0 spiro atoms. The van der Waals surface area contributed by atoms with Gasteiger partial charge >= 0.3 is 0 Å². The van der Waals surface area contributed by atoms with E-state index in [-0.39, 0.29) is 12.8 Å². The van der Waals surface area contributed by atoms with Crippen LogP contribution in [0.1, 0.15) is 6.23 Å². The Morgan fingerprint density at radius 1 is 1.50 bits per heavy atom. The third-order valence-electron chi connectivity index (χ3n) is 2.79. The number of hydrogen-bond acceptors (Lipinski definition) is 7. The van der Waals surface area contributed by atoms with E-state index < -0.39 is 6.29 Å². The highest BCUT2D eigenvalue weighted by atomic mass is 16.7. The first kappa shape index (κ1) is 11.3. The van der Waals surface area contributed by atoms with Gasteiger partial charge in [-0.05, 0) is 0 Å². The summed E-state index contributed by atoms with van der Waals surface area (Å²) in [6.07, 6.45) is 2.18. The molecule has 2 aromatic rings. The van der Waals surface area contributed by atoms with Crippen molar-refractivity contribution in [1.29, 1.82) is 0 Å². The van der Waals surface area contributed by atoms with Gasteiger partial charge in [-0.15, -0.1) is 0 Å². The summed E-state index contributed by atoms with van der Waals surface area (Å²) in [7, 11) is 1.78. The van der Waals surface area contributed by atoms with Gasteiger partial charge in [0.1, 0.15) is 11.8 Å². The predicted octanol–water partition coefficient (Wildman–Crippen LogP) is -0.268. The lowest BCUT2D eigenvalue weighted by Gasteiger charge is -2.11. The maximum absolute atomic E-state index is 8.97. The molecule has 2 aromatic heterocycles. The Balaban J connectivity index is 1.98. The second-order valence-corrected chi connectivity index (χ2v) is 3.83. The number of imidazole rings is 1. The largest absolute Gasteiger partial charge is 0.391 e. The van der Waals surface area contributed by atoms with E-state index in [1.807, 2.05) is 0 Å². The van der Waals surface area contributed by atoms with Crippen molar-refractivity contribution >= 4 is 17.0 Å². The normalized spacial score (nSPS) is 23.7. The third kappa shape index (κ3) is 1.70. The molecule has 2 atom stereocenters. The van der Waals surface area contributed by atoms with Crippen LogP contribution in [0, 0.1) is 0 Å². The van der Waals surface area contributed by atoms with Crippen molar-refractivity contribution in [3.8, 4) is 0 Å². The van der Waals surface area contributed by atoms with Crippen molar-refractivity contribution < 1.29 is 14.6 Å². The van der Waals surface area contributed by atoms with Gasteiger partial charge in [-0.1, -0.05) is 0 Å². The molecule has 0 bridgehead atoms. The van der Waals surface area contributed by atoms with Gasteiger partial charge in [0.25, 0.3) is 0 Å². The van der Waals surface area contributed by atoms with Crippen LogP contribution >= 0.6 is 0 Å². The number of anilines is 1. The molecule has 96 valence electrons. The van der Waals surface area contributed by atoms with E-state index in [1.54, 1.807) is 17.9 Å². The Morgan fingerprint density at radius 3 is 3.11 bits per heavy atom. The van der Waals surface area contributed by atoms with Crippen LogP contribution in [0.5, 0.6) is 0 Å². The van der Waals surface area contributed by atoms with Crippen molar-refractivity contribution in [2.75, 3.05) is 25.6 Å². The number of nitrogens with zero attached hydrogens (tertiary/aromatic N) is 4. The molecular weight excluding hydrogens is 238 g/mol. The van der Waals surface area contributed by atoms with Gasteiger partial charge in [0, 0.05) is 7.05 Å². The van der Waals surface area contributed by atoms with E-state index in [9.17, 15) is 0 Å². The lowest BCUT2D eigenvalue weighted by Crippen LogP contribution is -2.15. The van der Waals surface area contributed by atoms with Crippen molar-refractivity contribution in [3.05, 3.63) is 12.7 Å². The number of aromatic nitrogens is 4. The number of ether oxygens (including phenoxy) is 2. The first-order valence-corrected chi connectivity index (χ1v) is 5.56. The van der Waals surface area contributed by atoms with Crippen LogP contribution < -0.4 is 5.32 Å². The van der Waals surface area contributed by atoms with Crippen molar-refractivity contribution in [2.45, 2.75) is 12.5 Å². The average molecular weight is 251 g/mol. The maximum Gasteiger partial charge on any atom is 0.183 e. The number of aliphatic hydroxyl groups is 1. The lowest BCUT2D eigenvalue weighted by molar-refractivity contribution is -0.0980. The van der Waals surface area contributed by atoms with Crippen molar-refractivity contribution in [2.24, 2.45) is 0 Å². The van der Waals surface area contributed by atoms with Crippen LogP contribution in [0.15, 0.2) is 12.7 Å². The summed E-state index contributed by atoms with van der Waals surface area (Å²) >= 11 is 0. The molecule has 3 rings (SSSR count). The summed E-state index contributed by atoms with van der Waals surface area (Å²) in [5, 5.41) is 11.9. The minimum Gasteiger partial charge on any atom is -0.391 e. The van der Waals surface area contributed by atoms with Crippen LogP contribution in [0.2, 0.25) is 0 Å². The van der Waals surface area contributed by atoms with Gasteiger partial charge in [0.05, 0.1) is 19.5 Å². The predicted molar refractivity (Wildman–Crippen MR) is 61.8 cm³/mol. The second kappa shape index (κ2) is 4.48. The van der Waals surface area contributed by atoms with Gasteiger partial charge in [-0.25, -0.2) is 15.0 Å². The summed E-state index contributed by atoms with van der Waals surface area (Å²) in [6, 6.07) is 0.